The quantitative estimate of drug-likeness (QED) is 0.0848. The highest BCUT2D eigenvalue weighted by Crippen LogP contribution is 2.39. The summed E-state index contributed by atoms with van der Waals surface area (Å²) >= 11 is 1.82. The van der Waals surface area contributed by atoms with Gasteiger partial charge in [0, 0.05) is 29.5 Å². The fourth-order valence-corrected chi connectivity index (χ4v) is 7.60. The van der Waals surface area contributed by atoms with Gasteiger partial charge < -0.3 is 23.8 Å². The van der Waals surface area contributed by atoms with E-state index >= 15 is 0 Å². The third-order valence-corrected chi connectivity index (χ3v) is 10.2. The van der Waals surface area contributed by atoms with Crippen molar-refractivity contribution < 1.29 is 23.7 Å². The minimum absolute atomic E-state index is 0.0563. The fourth-order valence-electron chi connectivity index (χ4n) is 6.53. The maximum Gasteiger partial charge on any atom is 0.410 e. The smallest absolute Gasteiger partial charge is 0.410 e. The van der Waals surface area contributed by atoms with Gasteiger partial charge >= 0.3 is 6.09 Å². The lowest BCUT2D eigenvalue weighted by Crippen LogP contribution is -2.53. The number of benzene rings is 5. The topological polar surface area (TPSA) is 57.2 Å². The first kappa shape index (κ1) is 36.5. The Morgan fingerprint density at radius 2 is 1.45 bits per heavy atom. The van der Waals surface area contributed by atoms with Crippen LogP contribution >= 0.6 is 11.8 Å². The Morgan fingerprint density at radius 3 is 2.20 bits per heavy atom. The molecule has 3 unspecified atom stereocenters. The molecule has 266 valence electrons. The van der Waals surface area contributed by atoms with Crippen molar-refractivity contribution in [2.45, 2.75) is 62.9 Å². The Bertz CT molecular complexity index is 1810. The standard InChI is InChI=1S/C44H49NO5S/c1-44(2,3)50-43(46)45-28-38(32-51-40-17-8-5-9-18-40)42(41(29-45)49-31-34-19-20-35-15-10-11-16-37(35)27-34)36-21-23-39(24-22-36)48-26-12-25-47-30-33-13-6-4-7-14-33/h4-11,13-24,27,38,41-42H,12,25-26,28-32H2,1-3H3. The molecule has 3 atom stereocenters. The number of rotatable bonds is 14. The second-order valence-electron chi connectivity index (χ2n) is 14.1. The molecule has 5 aromatic carbocycles. The van der Waals surface area contributed by atoms with E-state index in [-0.39, 0.29) is 24.0 Å². The number of likely N-dealkylation sites (tertiary alicyclic amines) is 1. The molecule has 5 aromatic rings. The molecule has 0 aromatic heterocycles. The highest BCUT2D eigenvalue weighted by atomic mass is 32.2. The minimum Gasteiger partial charge on any atom is -0.494 e. The largest absolute Gasteiger partial charge is 0.494 e. The van der Waals surface area contributed by atoms with E-state index in [9.17, 15) is 4.79 Å². The van der Waals surface area contributed by atoms with Crippen LogP contribution in [0, 0.1) is 5.92 Å². The van der Waals surface area contributed by atoms with Crippen LogP contribution in [0.5, 0.6) is 5.75 Å². The van der Waals surface area contributed by atoms with Crippen LogP contribution in [0.25, 0.3) is 10.8 Å². The van der Waals surface area contributed by atoms with E-state index in [4.69, 9.17) is 18.9 Å². The van der Waals surface area contributed by atoms with E-state index in [0.717, 1.165) is 23.5 Å². The molecule has 1 fully saturated rings. The summed E-state index contributed by atoms with van der Waals surface area (Å²) in [5.74, 6) is 1.83. The van der Waals surface area contributed by atoms with Gasteiger partial charge in [0.1, 0.15) is 11.4 Å². The first-order chi connectivity index (χ1) is 24.8. The van der Waals surface area contributed by atoms with Crippen LogP contribution in [0.2, 0.25) is 0 Å². The van der Waals surface area contributed by atoms with Crippen molar-refractivity contribution in [3.8, 4) is 5.75 Å². The Hall–Kier alpha value is -4.30. The van der Waals surface area contributed by atoms with Crippen LogP contribution in [0.3, 0.4) is 0 Å². The minimum atomic E-state index is -0.590. The molecular formula is C44H49NO5S. The van der Waals surface area contributed by atoms with Crippen LogP contribution in [0.1, 0.15) is 49.8 Å². The fraction of sp³-hybridized carbons (Fsp3) is 0.341. The number of amides is 1. The third kappa shape index (κ3) is 10.8. The number of nitrogens with zero attached hydrogens (tertiary/aromatic N) is 1. The number of hydrogen-bond donors (Lipinski definition) is 0. The molecule has 6 rings (SSSR count). The molecule has 1 heterocycles. The van der Waals surface area contributed by atoms with Crippen LogP contribution in [0.4, 0.5) is 4.79 Å². The average molecular weight is 704 g/mol. The Labute approximate surface area is 307 Å². The lowest BCUT2D eigenvalue weighted by Gasteiger charge is -2.44. The molecule has 7 heteroatoms. The molecule has 0 spiro atoms. The highest BCUT2D eigenvalue weighted by molar-refractivity contribution is 7.99. The third-order valence-electron chi connectivity index (χ3n) is 8.98. The van der Waals surface area contributed by atoms with Gasteiger partial charge in [0.15, 0.2) is 0 Å². The van der Waals surface area contributed by atoms with Gasteiger partial charge in [-0.25, -0.2) is 4.79 Å². The summed E-state index contributed by atoms with van der Waals surface area (Å²) in [4.78, 5) is 16.6. The molecule has 1 aliphatic rings. The SMILES string of the molecule is CC(C)(C)OC(=O)N1CC(CSc2ccccc2)C(c2ccc(OCCCOCc3ccccc3)cc2)C(OCc2ccc3ccccc3c2)C1. The Kier molecular flexibility index (Phi) is 12.7. The zero-order valence-corrected chi connectivity index (χ0v) is 30.7. The van der Waals surface area contributed by atoms with Crippen LogP contribution in [-0.2, 0) is 27.4 Å². The lowest BCUT2D eigenvalue weighted by molar-refractivity contribution is -0.0495. The molecule has 51 heavy (non-hydrogen) atoms. The normalized spacial score (nSPS) is 17.7. The summed E-state index contributed by atoms with van der Waals surface area (Å²) < 4.78 is 24.7. The lowest BCUT2D eigenvalue weighted by atomic mass is 9.79. The van der Waals surface area contributed by atoms with Crippen molar-refractivity contribution >= 4 is 28.6 Å². The van der Waals surface area contributed by atoms with Gasteiger partial charge in [0.2, 0.25) is 0 Å². The van der Waals surface area contributed by atoms with Crippen molar-refractivity contribution in [1.82, 2.24) is 4.90 Å². The highest BCUT2D eigenvalue weighted by Gasteiger charge is 2.41. The van der Waals surface area contributed by atoms with E-state index in [1.807, 2.05) is 61.7 Å². The van der Waals surface area contributed by atoms with Crippen LogP contribution in [0.15, 0.2) is 132 Å². The first-order valence-electron chi connectivity index (χ1n) is 17.9. The predicted molar refractivity (Wildman–Crippen MR) is 206 cm³/mol. The second-order valence-corrected chi connectivity index (χ2v) is 15.2. The Balaban J connectivity index is 1.18. The van der Waals surface area contributed by atoms with Crippen molar-refractivity contribution in [2.24, 2.45) is 5.92 Å². The van der Waals surface area contributed by atoms with Crippen molar-refractivity contribution in [2.75, 3.05) is 32.1 Å². The predicted octanol–water partition coefficient (Wildman–Crippen LogP) is 10.2. The molecule has 1 amide bonds. The molecular weight excluding hydrogens is 655 g/mol. The summed E-state index contributed by atoms with van der Waals surface area (Å²) in [6, 6.07) is 44.0. The molecule has 1 saturated heterocycles. The van der Waals surface area contributed by atoms with E-state index in [1.54, 1.807) is 0 Å². The summed E-state index contributed by atoms with van der Waals surface area (Å²) in [6.45, 7) is 9.03. The summed E-state index contributed by atoms with van der Waals surface area (Å²) in [5, 5.41) is 2.39. The van der Waals surface area contributed by atoms with E-state index in [0.29, 0.717) is 39.5 Å². The van der Waals surface area contributed by atoms with Crippen molar-refractivity contribution in [3.63, 3.8) is 0 Å². The molecule has 0 saturated carbocycles. The van der Waals surface area contributed by atoms with Gasteiger partial charge in [-0.1, -0.05) is 97.1 Å². The summed E-state index contributed by atoms with van der Waals surface area (Å²) in [5.41, 5.74) is 2.87. The number of ether oxygens (including phenoxy) is 4. The first-order valence-corrected chi connectivity index (χ1v) is 18.9. The molecule has 0 bridgehead atoms. The van der Waals surface area contributed by atoms with E-state index < -0.39 is 5.60 Å². The number of carbonyl (C=O) groups excluding carboxylic acids is 1. The van der Waals surface area contributed by atoms with Gasteiger partial charge in [-0.3, -0.25) is 0 Å². The zero-order valence-electron chi connectivity index (χ0n) is 29.9. The van der Waals surface area contributed by atoms with Gasteiger partial charge in [-0.2, -0.15) is 0 Å². The number of thioether (sulfide) groups is 1. The van der Waals surface area contributed by atoms with Crippen LogP contribution in [-0.4, -0.2) is 54.8 Å². The van der Waals surface area contributed by atoms with Gasteiger partial charge in [0.25, 0.3) is 0 Å². The summed E-state index contributed by atoms with van der Waals surface area (Å²) in [6.07, 6.45) is 0.264. The van der Waals surface area contributed by atoms with Gasteiger partial charge in [-0.05, 0) is 84.5 Å². The maximum absolute atomic E-state index is 13.5. The molecule has 1 aliphatic heterocycles. The van der Waals surface area contributed by atoms with Gasteiger partial charge in [0.05, 0.1) is 39.1 Å². The maximum atomic E-state index is 13.5. The zero-order chi connectivity index (χ0) is 35.5. The summed E-state index contributed by atoms with van der Waals surface area (Å²) in [7, 11) is 0. The number of piperidine rings is 1. The van der Waals surface area contributed by atoms with Crippen molar-refractivity contribution in [1.29, 1.82) is 0 Å². The second kappa shape index (κ2) is 17.8. The molecule has 0 aliphatic carbocycles. The number of carbonyl (C=O) groups is 1. The Morgan fingerprint density at radius 1 is 0.745 bits per heavy atom. The average Bonchev–Trinajstić information content (AvgIpc) is 3.14. The number of hydrogen-bond acceptors (Lipinski definition) is 6. The van der Waals surface area contributed by atoms with Crippen LogP contribution < -0.4 is 4.74 Å². The van der Waals surface area contributed by atoms with E-state index in [2.05, 4.69) is 103 Å². The monoisotopic (exact) mass is 703 g/mol. The van der Waals surface area contributed by atoms with Crippen molar-refractivity contribution in [3.05, 3.63) is 144 Å². The molecule has 0 N–H and O–H groups in total. The number of fused-ring (bicyclic) bond motifs is 1. The van der Waals surface area contributed by atoms with E-state index in [1.165, 1.54) is 26.8 Å². The van der Waals surface area contributed by atoms with Gasteiger partial charge in [-0.15, -0.1) is 11.8 Å². The molecule has 0 radical (unpaired) electrons. The molecule has 6 nitrogen and oxygen atoms in total.